The zero-order valence-corrected chi connectivity index (χ0v) is 9.43. The average Bonchev–Trinajstić information content (AvgIpc) is 2.04. The van der Waals surface area contributed by atoms with Crippen molar-refractivity contribution in [1.82, 2.24) is 4.57 Å². The first-order chi connectivity index (χ1) is 7.11. The largest absolute Gasteiger partial charge is 0.406 e. The van der Waals surface area contributed by atoms with Crippen molar-refractivity contribution < 1.29 is 13.2 Å². The molecule has 0 aliphatic rings. The van der Waals surface area contributed by atoms with Crippen LogP contribution in [0, 0.1) is 0 Å². The van der Waals surface area contributed by atoms with E-state index >= 15 is 0 Å². The summed E-state index contributed by atoms with van der Waals surface area (Å²) >= 11 is 0. The van der Waals surface area contributed by atoms with Gasteiger partial charge >= 0.3 is 6.18 Å². The average molecular weight is 233 g/mol. The molecule has 0 spiro atoms. The zero-order chi connectivity index (χ0) is 12.6. The van der Waals surface area contributed by atoms with E-state index in [9.17, 15) is 18.0 Å². The Morgan fingerprint density at radius 2 is 1.81 bits per heavy atom. The summed E-state index contributed by atoms with van der Waals surface area (Å²) in [7, 11) is 0. The fourth-order valence-electron chi connectivity index (χ4n) is 1.43. The summed E-state index contributed by atoms with van der Waals surface area (Å²) in [6.07, 6.45) is -3.22. The van der Waals surface area contributed by atoms with Gasteiger partial charge in [0, 0.05) is 11.8 Å². The van der Waals surface area contributed by atoms with E-state index in [2.05, 4.69) is 0 Å². The highest BCUT2D eigenvalue weighted by Crippen LogP contribution is 2.20. The minimum absolute atomic E-state index is 0.388. The predicted octanol–water partition coefficient (Wildman–Crippen LogP) is 2.71. The van der Waals surface area contributed by atoms with Gasteiger partial charge in [-0.25, -0.2) is 0 Å². The monoisotopic (exact) mass is 233 g/mol. The molecule has 5 heteroatoms. The summed E-state index contributed by atoms with van der Waals surface area (Å²) in [5.41, 5.74) is -0.641. The Morgan fingerprint density at radius 3 is 2.25 bits per heavy atom. The van der Waals surface area contributed by atoms with Gasteiger partial charge in [0.25, 0.3) is 5.56 Å². The van der Waals surface area contributed by atoms with E-state index in [1.54, 1.807) is 26.8 Å². The summed E-state index contributed by atoms with van der Waals surface area (Å²) in [5.74, 6) is 0. The van der Waals surface area contributed by atoms with Gasteiger partial charge in [0.2, 0.25) is 0 Å². The van der Waals surface area contributed by atoms with Gasteiger partial charge in [0.1, 0.15) is 6.54 Å². The Labute approximate surface area is 91.7 Å². The molecule has 16 heavy (non-hydrogen) atoms. The molecule has 0 radical (unpaired) electrons. The highest BCUT2D eigenvalue weighted by atomic mass is 19.4. The number of halogens is 3. The van der Waals surface area contributed by atoms with Crippen LogP contribution in [0.15, 0.2) is 23.1 Å². The Kier molecular flexibility index (Phi) is 3.17. The fraction of sp³-hybridized carbons (Fsp3) is 0.545. The molecular formula is C11H14F3NO. The van der Waals surface area contributed by atoms with E-state index in [4.69, 9.17) is 0 Å². The second-order valence-electron chi connectivity index (χ2n) is 4.72. The number of rotatable bonds is 1. The van der Waals surface area contributed by atoms with Crippen LogP contribution in [0.5, 0.6) is 0 Å². The molecule has 0 aromatic carbocycles. The first-order valence-electron chi connectivity index (χ1n) is 4.88. The molecule has 0 bridgehead atoms. The number of hydrogen-bond donors (Lipinski definition) is 0. The molecule has 0 unspecified atom stereocenters. The van der Waals surface area contributed by atoms with Crippen LogP contribution in [0.3, 0.4) is 0 Å². The van der Waals surface area contributed by atoms with E-state index < -0.39 is 23.7 Å². The van der Waals surface area contributed by atoms with Crippen LogP contribution in [0.1, 0.15) is 26.3 Å². The fourth-order valence-corrected chi connectivity index (χ4v) is 1.43. The number of hydrogen-bond acceptors (Lipinski definition) is 1. The van der Waals surface area contributed by atoms with Crippen LogP contribution >= 0.6 is 0 Å². The molecule has 1 rings (SSSR count). The van der Waals surface area contributed by atoms with Gasteiger partial charge in [-0.15, -0.1) is 0 Å². The molecule has 0 amide bonds. The summed E-state index contributed by atoms with van der Waals surface area (Å²) in [5, 5.41) is 0. The number of pyridine rings is 1. The van der Waals surface area contributed by atoms with Crippen LogP contribution in [-0.2, 0) is 12.0 Å². The standard InChI is InChI=1S/C11H14F3NO/c1-10(2,3)8-5-4-6-15(9(8)16)7-11(12,13)14/h4-6H,7H2,1-3H3. The summed E-state index contributed by atoms with van der Waals surface area (Å²) in [6.45, 7) is 4.14. The van der Waals surface area contributed by atoms with Crippen molar-refractivity contribution in [3.05, 3.63) is 34.2 Å². The van der Waals surface area contributed by atoms with Gasteiger partial charge in [-0.2, -0.15) is 13.2 Å². The molecule has 0 saturated heterocycles. The second-order valence-corrected chi connectivity index (χ2v) is 4.72. The maximum Gasteiger partial charge on any atom is 0.406 e. The lowest BCUT2D eigenvalue weighted by molar-refractivity contribution is -0.141. The maximum atomic E-state index is 12.2. The van der Waals surface area contributed by atoms with E-state index in [1.165, 1.54) is 6.07 Å². The van der Waals surface area contributed by atoms with Gasteiger partial charge in [0.15, 0.2) is 0 Å². The lowest BCUT2D eigenvalue weighted by atomic mass is 9.88. The quantitative estimate of drug-likeness (QED) is 0.731. The van der Waals surface area contributed by atoms with Gasteiger partial charge in [-0.05, 0) is 11.5 Å². The van der Waals surface area contributed by atoms with Crippen LogP contribution in [0.4, 0.5) is 13.2 Å². The molecule has 1 heterocycles. The van der Waals surface area contributed by atoms with Gasteiger partial charge in [-0.1, -0.05) is 26.8 Å². The van der Waals surface area contributed by atoms with Crippen molar-refractivity contribution in [3.8, 4) is 0 Å². The lowest BCUT2D eigenvalue weighted by Gasteiger charge is -2.19. The highest BCUT2D eigenvalue weighted by molar-refractivity contribution is 5.19. The number of nitrogens with zero attached hydrogens (tertiary/aromatic N) is 1. The van der Waals surface area contributed by atoms with Crippen molar-refractivity contribution in [2.24, 2.45) is 0 Å². The minimum atomic E-state index is -4.37. The normalized spacial score (nSPS) is 12.9. The van der Waals surface area contributed by atoms with Crippen molar-refractivity contribution in [1.29, 1.82) is 0 Å². The maximum absolute atomic E-state index is 12.2. The van der Waals surface area contributed by atoms with Crippen LogP contribution in [0.25, 0.3) is 0 Å². The molecule has 0 aliphatic carbocycles. The van der Waals surface area contributed by atoms with Crippen molar-refractivity contribution >= 4 is 0 Å². The molecule has 0 atom stereocenters. The molecular weight excluding hydrogens is 219 g/mol. The van der Waals surface area contributed by atoms with Crippen molar-refractivity contribution in [2.75, 3.05) is 0 Å². The SMILES string of the molecule is CC(C)(C)c1cccn(CC(F)(F)F)c1=O. The van der Waals surface area contributed by atoms with Crippen molar-refractivity contribution in [3.63, 3.8) is 0 Å². The molecule has 0 saturated carbocycles. The second kappa shape index (κ2) is 3.96. The third kappa shape index (κ3) is 3.12. The molecule has 0 N–H and O–H groups in total. The van der Waals surface area contributed by atoms with Crippen LogP contribution < -0.4 is 5.56 Å². The molecule has 2 nitrogen and oxygen atoms in total. The Balaban J connectivity index is 3.21. The smallest absolute Gasteiger partial charge is 0.306 e. The van der Waals surface area contributed by atoms with Crippen LogP contribution in [0.2, 0.25) is 0 Å². The molecule has 90 valence electrons. The van der Waals surface area contributed by atoms with E-state index in [-0.39, 0.29) is 0 Å². The van der Waals surface area contributed by atoms with Gasteiger partial charge in [0.05, 0.1) is 0 Å². The first-order valence-corrected chi connectivity index (χ1v) is 4.88. The minimum Gasteiger partial charge on any atom is -0.306 e. The molecule has 1 aromatic rings. The van der Waals surface area contributed by atoms with E-state index in [0.29, 0.717) is 10.1 Å². The Morgan fingerprint density at radius 1 is 1.25 bits per heavy atom. The zero-order valence-electron chi connectivity index (χ0n) is 9.43. The van der Waals surface area contributed by atoms with E-state index in [1.807, 2.05) is 0 Å². The lowest BCUT2D eigenvalue weighted by Crippen LogP contribution is -2.33. The topological polar surface area (TPSA) is 22.0 Å². The summed E-state index contributed by atoms with van der Waals surface area (Å²) in [4.78, 5) is 11.8. The van der Waals surface area contributed by atoms with Crippen LogP contribution in [-0.4, -0.2) is 10.7 Å². The number of aromatic nitrogens is 1. The molecule has 0 aliphatic heterocycles. The van der Waals surface area contributed by atoms with E-state index in [0.717, 1.165) is 6.20 Å². The van der Waals surface area contributed by atoms with Gasteiger partial charge in [-0.3, -0.25) is 4.79 Å². The molecule has 0 fully saturated rings. The van der Waals surface area contributed by atoms with Crippen molar-refractivity contribution in [2.45, 2.75) is 38.9 Å². The summed E-state index contributed by atoms with van der Waals surface area (Å²) < 4.78 is 37.3. The highest BCUT2D eigenvalue weighted by Gasteiger charge is 2.29. The third-order valence-corrected chi connectivity index (χ3v) is 2.18. The number of alkyl halides is 3. The Bertz CT molecular complexity index is 426. The Hall–Kier alpha value is -1.26. The van der Waals surface area contributed by atoms with Gasteiger partial charge < -0.3 is 4.57 Å². The third-order valence-electron chi connectivity index (χ3n) is 2.18. The summed E-state index contributed by atoms with van der Waals surface area (Å²) in [6, 6.07) is 3.03. The predicted molar refractivity (Wildman–Crippen MR) is 55.5 cm³/mol. The first kappa shape index (κ1) is 12.8. The molecule has 1 aromatic heterocycles.